The fourth-order valence-corrected chi connectivity index (χ4v) is 0.825. The average molecular weight is 168 g/mol. The zero-order valence-electron chi connectivity index (χ0n) is 7.49. The molecule has 0 spiro atoms. The molecule has 0 aliphatic rings. The van der Waals surface area contributed by atoms with Crippen molar-refractivity contribution in [3.63, 3.8) is 0 Å². The van der Waals surface area contributed by atoms with Crippen molar-refractivity contribution in [3.05, 3.63) is 24.3 Å². The summed E-state index contributed by atoms with van der Waals surface area (Å²) in [4.78, 5) is 10.0. The Labute approximate surface area is 73.6 Å². The Morgan fingerprint density at radius 3 is 2.67 bits per heavy atom. The van der Waals surface area contributed by atoms with Crippen molar-refractivity contribution in [2.45, 2.75) is 32.6 Å². The molecular formula is C10H16O2. The first-order chi connectivity index (χ1) is 5.77. The van der Waals surface area contributed by atoms with Crippen LogP contribution in [-0.4, -0.2) is 11.1 Å². The molecule has 0 aliphatic heterocycles. The minimum atomic E-state index is -0.895. The van der Waals surface area contributed by atoms with Gasteiger partial charge in [0.2, 0.25) is 0 Å². The number of carbonyl (C=O) groups is 1. The van der Waals surface area contributed by atoms with Crippen LogP contribution in [0.25, 0.3) is 0 Å². The van der Waals surface area contributed by atoms with Gasteiger partial charge in [-0.25, -0.2) is 4.79 Å². The number of hydrogen-bond acceptors (Lipinski definition) is 1. The van der Waals surface area contributed by atoms with Crippen LogP contribution in [0.3, 0.4) is 0 Å². The van der Waals surface area contributed by atoms with Crippen LogP contribution >= 0.6 is 0 Å². The van der Waals surface area contributed by atoms with Crippen molar-refractivity contribution in [1.82, 2.24) is 0 Å². The van der Waals surface area contributed by atoms with Crippen molar-refractivity contribution in [2.75, 3.05) is 0 Å². The summed E-state index contributed by atoms with van der Waals surface area (Å²) in [6.45, 7) is 2.16. The molecule has 2 nitrogen and oxygen atoms in total. The van der Waals surface area contributed by atoms with Crippen LogP contribution in [0, 0.1) is 0 Å². The molecule has 0 aromatic heterocycles. The molecule has 0 aliphatic carbocycles. The van der Waals surface area contributed by atoms with Crippen LogP contribution in [-0.2, 0) is 4.79 Å². The van der Waals surface area contributed by atoms with Crippen LogP contribution < -0.4 is 0 Å². The standard InChI is InChI=1S/C10H16O2/c1-2-3-4-5-6-7-8-9-10(11)12/h6-9H,2-5H2,1H3,(H,11,12)/b7-6-,9-8-. The number of carboxylic acids is 1. The zero-order chi connectivity index (χ0) is 9.23. The minimum Gasteiger partial charge on any atom is -0.478 e. The number of unbranched alkanes of at least 4 members (excludes halogenated alkanes) is 3. The molecule has 0 rings (SSSR count). The largest absolute Gasteiger partial charge is 0.478 e. The van der Waals surface area contributed by atoms with Gasteiger partial charge in [-0.3, -0.25) is 0 Å². The first kappa shape index (κ1) is 11.0. The lowest BCUT2D eigenvalue weighted by Crippen LogP contribution is -1.84. The van der Waals surface area contributed by atoms with Crippen LogP contribution in [0.15, 0.2) is 24.3 Å². The molecule has 1 N–H and O–H groups in total. The summed E-state index contributed by atoms with van der Waals surface area (Å²) in [5.74, 6) is -0.895. The Hall–Kier alpha value is -1.05. The van der Waals surface area contributed by atoms with E-state index in [2.05, 4.69) is 6.92 Å². The van der Waals surface area contributed by atoms with Crippen molar-refractivity contribution >= 4 is 5.97 Å². The first-order valence-corrected chi connectivity index (χ1v) is 4.33. The van der Waals surface area contributed by atoms with Gasteiger partial charge < -0.3 is 5.11 Å². The molecule has 0 atom stereocenters. The molecule has 0 bridgehead atoms. The van der Waals surface area contributed by atoms with Crippen molar-refractivity contribution in [1.29, 1.82) is 0 Å². The van der Waals surface area contributed by atoms with Crippen molar-refractivity contribution < 1.29 is 9.90 Å². The molecule has 0 aromatic rings. The smallest absolute Gasteiger partial charge is 0.328 e. The first-order valence-electron chi connectivity index (χ1n) is 4.33. The van der Waals surface area contributed by atoms with Gasteiger partial charge in [0, 0.05) is 6.08 Å². The van der Waals surface area contributed by atoms with Gasteiger partial charge in [0.05, 0.1) is 0 Å². The van der Waals surface area contributed by atoms with E-state index in [0.29, 0.717) is 0 Å². The molecule has 0 heterocycles. The van der Waals surface area contributed by atoms with Crippen LogP contribution in [0.4, 0.5) is 0 Å². The van der Waals surface area contributed by atoms with Gasteiger partial charge in [-0.05, 0) is 12.8 Å². The van der Waals surface area contributed by atoms with Gasteiger partial charge in [-0.1, -0.05) is 38.0 Å². The van der Waals surface area contributed by atoms with E-state index < -0.39 is 5.97 Å². The van der Waals surface area contributed by atoms with Gasteiger partial charge >= 0.3 is 5.97 Å². The summed E-state index contributed by atoms with van der Waals surface area (Å²) in [5.41, 5.74) is 0. The lowest BCUT2D eigenvalue weighted by molar-refractivity contribution is -0.131. The lowest BCUT2D eigenvalue weighted by atomic mass is 10.2. The van der Waals surface area contributed by atoms with E-state index in [9.17, 15) is 4.79 Å². The molecule has 0 unspecified atom stereocenters. The number of allylic oxidation sites excluding steroid dienone is 3. The summed E-state index contributed by atoms with van der Waals surface area (Å²) in [6.07, 6.45) is 11.2. The molecule has 12 heavy (non-hydrogen) atoms. The SMILES string of the molecule is CCCCC/C=C\C=C/C(=O)O. The minimum absolute atomic E-state index is 0.895. The molecule has 68 valence electrons. The van der Waals surface area contributed by atoms with E-state index in [1.807, 2.05) is 6.08 Å². The quantitative estimate of drug-likeness (QED) is 0.376. The van der Waals surface area contributed by atoms with Crippen LogP contribution in [0.5, 0.6) is 0 Å². The van der Waals surface area contributed by atoms with E-state index >= 15 is 0 Å². The maximum atomic E-state index is 10.0. The Kier molecular flexibility index (Phi) is 7.35. The van der Waals surface area contributed by atoms with E-state index in [0.717, 1.165) is 12.5 Å². The van der Waals surface area contributed by atoms with Gasteiger partial charge in [-0.2, -0.15) is 0 Å². The second kappa shape index (κ2) is 8.05. The average Bonchev–Trinajstić information content (AvgIpc) is 2.02. The molecule has 2 heteroatoms. The molecule has 0 fully saturated rings. The Morgan fingerprint density at radius 2 is 2.08 bits per heavy atom. The van der Waals surface area contributed by atoms with E-state index in [1.54, 1.807) is 12.2 Å². The van der Waals surface area contributed by atoms with Gasteiger partial charge in [0.1, 0.15) is 0 Å². The number of hydrogen-bond donors (Lipinski definition) is 1. The highest BCUT2D eigenvalue weighted by atomic mass is 16.4. The zero-order valence-corrected chi connectivity index (χ0v) is 7.49. The predicted octanol–water partition coefficient (Wildman–Crippen LogP) is 2.76. The highest BCUT2D eigenvalue weighted by Gasteiger charge is 1.82. The molecule has 0 saturated carbocycles. The fourth-order valence-electron chi connectivity index (χ4n) is 0.825. The number of carboxylic acid groups (broad SMARTS) is 1. The second-order valence-electron chi connectivity index (χ2n) is 2.62. The summed E-state index contributed by atoms with van der Waals surface area (Å²) in [6, 6.07) is 0. The Bertz CT molecular complexity index is 169. The summed E-state index contributed by atoms with van der Waals surface area (Å²) >= 11 is 0. The third kappa shape index (κ3) is 8.95. The number of aliphatic carboxylic acids is 1. The topological polar surface area (TPSA) is 37.3 Å². The summed E-state index contributed by atoms with van der Waals surface area (Å²) < 4.78 is 0. The predicted molar refractivity (Wildman–Crippen MR) is 50.1 cm³/mol. The molecular weight excluding hydrogens is 152 g/mol. The Morgan fingerprint density at radius 1 is 1.33 bits per heavy atom. The maximum Gasteiger partial charge on any atom is 0.328 e. The third-order valence-electron chi connectivity index (χ3n) is 1.46. The fraction of sp³-hybridized carbons (Fsp3) is 0.500. The molecule has 0 aromatic carbocycles. The summed E-state index contributed by atoms with van der Waals surface area (Å²) in [5, 5.41) is 8.23. The maximum absolute atomic E-state index is 10.0. The van der Waals surface area contributed by atoms with E-state index in [1.165, 1.54) is 19.3 Å². The van der Waals surface area contributed by atoms with Crippen LogP contribution in [0.1, 0.15) is 32.6 Å². The molecule has 0 saturated heterocycles. The molecule has 0 radical (unpaired) electrons. The van der Waals surface area contributed by atoms with Gasteiger partial charge in [0.25, 0.3) is 0 Å². The van der Waals surface area contributed by atoms with Gasteiger partial charge in [-0.15, -0.1) is 0 Å². The van der Waals surface area contributed by atoms with Crippen molar-refractivity contribution in [2.24, 2.45) is 0 Å². The third-order valence-corrected chi connectivity index (χ3v) is 1.46. The number of rotatable bonds is 6. The Balaban J connectivity index is 3.31. The van der Waals surface area contributed by atoms with Crippen molar-refractivity contribution in [3.8, 4) is 0 Å². The lowest BCUT2D eigenvalue weighted by Gasteiger charge is -1.89. The molecule has 0 amide bonds. The van der Waals surface area contributed by atoms with Crippen LogP contribution in [0.2, 0.25) is 0 Å². The summed E-state index contributed by atoms with van der Waals surface area (Å²) in [7, 11) is 0. The van der Waals surface area contributed by atoms with E-state index in [4.69, 9.17) is 5.11 Å². The highest BCUT2D eigenvalue weighted by molar-refractivity contribution is 5.80. The van der Waals surface area contributed by atoms with E-state index in [-0.39, 0.29) is 0 Å². The monoisotopic (exact) mass is 168 g/mol. The second-order valence-corrected chi connectivity index (χ2v) is 2.62. The van der Waals surface area contributed by atoms with Gasteiger partial charge in [0.15, 0.2) is 0 Å². The highest BCUT2D eigenvalue weighted by Crippen LogP contribution is 1.99. The normalized spacial score (nSPS) is 11.4.